The molecule has 1 aromatic heterocycles. The number of ether oxygens (including phenoxy) is 1. The normalized spacial score (nSPS) is 20.2. The third-order valence-corrected chi connectivity index (χ3v) is 4.82. The molecule has 1 aromatic carbocycles. The molecule has 26 heavy (non-hydrogen) atoms. The first kappa shape index (κ1) is 18.7. The molecule has 9 heteroatoms. The molecule has 7 nitrogen and oxygen atoms in total. The highest BCUT2D eigenvalue weighted by Crippen LogP contribution is 2.25. The van der Waals surface area contributed by atoms with Crippen molar-refractivity contribution in [2.45, 2.75) is 26.1 Å². The molecule has 0 radical (unpaired) electrons. The number of aromatic nitrogens is 2. The Hall–Kier alpha value is -2.09. The van der Waals surface area contributed by atoms with Crippen LogP contribution in [0.3, 0.4) is 0 Å². The van der Waals surface area contributed by atoms with Gasteiger partial charge < -0.3 is 14.7 Å². The lowest BCUT2D eigenvalue weighted by Crippen LogP contribution is -2.51. The number of aryl methyl sites for hydroxylation is 1. The standard InChI is InChI=1S/C17H17Cl2N3O4/c1-9-5-14(20-22(9)11-3-4-12(18)13(19)6-11)16(23)21-7-10(2)26-15(8-21)17(24)25/h3-6,10,15H,7-8H2,1-2H3,(H,24,25)/t10-,15?/m1/s1. The molecule has 138 valence electrons. The molecule has 3 rings (SSSR count). The molecule has 2 heterocycles. The van der Waals surface area contributed by atoms with E-state index in [4.69, 9.17) is 33.0 Å². The second kappa shape index (κ2) is 7.26. The van der Waals surface area contributed by atoms with Crippen molar-refractivity contribution in [2.24, 2.45) is 0 Å². The number of morpholine rings is 1. The third-order valence-electron chi connectivity index (χ3n) is 4.08. The smallest absolute Gasteiger partial charge is 0.334 e. The fourth-order valence-corrected chi connectivity index (χ4v) is 3.17. The maximum absolute atomic E-state index is 12.8. The highest BCUT2D eigenvalue weighted by molar-refractivity contribution is 6.42. The van der Waals surface area contributed by atoms with E-state index in [-0.39, 0.29) is 24.2 Å². The number of carbonyl (C=O) groups is 2. The number of carboxylic acids is 1. The SMILES string of the molecule is Cc1cc(C(=O)N2CC(C(=O)O)O[C@H](C)C2)nn1-c1ccc(Cl)c(Cl)c1. The Balaban J connectivity index is 1.87. The number of halogens is 2. The summed E-state index contributed by atoms with van der Waals surface area (Å²) in [5.74, 6) is -1.43. The van der Waals surface area contributed by atoms with Crippen molar-refractivity contribution >= 4 is 35.1 Å². The Kier molecular flexibility index (Phi) is 5.22. The Morgan fingerprint density at radius 3 is 2.62 bits per heavy atom. The first-order chi connectivity index (χ1) is 12.3. The Morgan fingerprint density at radius 1 is 1.23 bits per heavy atom. The van der Waals surface area contributed by atoms with Gasteiger partial charge in [0.15, 0.2) is 11.8 Å². The molecule has 1 amide bonds. The predicted octanol–water partition coefficient (Wildman–Crippen LogP) is 2.80. The van der Waals surface area contributed by atoms with E-state index in [1.54, 1.807) is 35.9 Å². The van der Waals surface area contributed by atoms with Crippen LogP contribution in [0.4, 0.5) is 0 Å². The molecule has 0 bridgehead atoms. The van der Waals surface area contributed by atoms with Gasteiger partial charge in [-0.3, -0.25) is 4.79 Å². The van der Waals surface area contributed by atoms with E-state index in [1.165, 1.54) is 4.90 Å². The summed E-state index contributed by atoms with van der Waals surface area (Å²) < 4.78 is 6.93. The monoisotopic (exact) mass is 397 g/mol. The van der Waals surface area contributed by atoms with E-state index >= 15 is 0 Å². The summed E-state index contributed by atoms with van der Waals surface area (Å²) in [7, 11) is 0. The second-order valence-electron chi connectivity index (χ2n) is 6.16. The van der Waals surface area contributed by atoms with E-state index in [1.807, 2.05) is 6.92 Å². The average Bonchev–Trinajstić information content (AvgIpc) is 2.98. The first-order valence-corrected chi connectivity index (χ1v) is 8.71. The summed E-state index contributed by atoms with van der Waals surface area (Å²) in [5.41, 5.74) is 1.64. The second-order valence-corrected chi connectivity index (χ2v) is 6.98. The molecule has 1 aliphatic heterocycles. The molecule has 1 saturated heterocycles. The van der Waals surface area contributed by atoms with Crippen molar-refractivity contribution in [1.82, 2.24) is 14.7 Å². The molecule has 0 spiro atoms. The van der Waals surface area contributed by atoms with E-state index < -0.39 is 12.1 Å². The number of benzene rings is 1. The van der Waals surface area contributed by atoms with Crippen molar-refractivity contribution in [1.29, 1.82) is 0 Å². The van der Waals surface area contributed by atoms with Crippen LogP contribution in [0, 0.1) is 6.92 Å². The lowest BCUT2D eigenvalue weighted by atomic mass is 10.2. The number of hydrogen-bond acceptors (Lipinski definition) is 4. The van der Waals surface area contributed by atoms with Gasteiger partial charge in [0.2, 0.25) is 0 Å². The van der Waals surface area contributed by atoms with E-state index in [9.17, 15) is 9.59 Å². The summed E-state index contributed by atoms with van der Waals surface area (Å²) >= 11 is 12.0. The fraction of sp³-hybridized carbons (Fsp3) is 0.353. The van der Waals surface area contributed by atoms with Crippen LogP contribution in [0.1, 0.15) is 23.1 Å². The van der Waals surface area contributed by atoms with Gasteiger partial charge in [0.05, 0.1) is 28.4 Å². The molecule has 0 saturated carbocycles. The summed E-state index contributed by atoms with van der Waals surface area (Å²) in [6.07, 6.45) is -1.41. The zero-order chi connectivity index (χ0) is 19.0. The minimum Gasteiger partial charge on any atom is -0.479 e. The lowest BCUT2D eigenvalue weighted by Gasteiger charge is -2.34. The maximum atomic E-state index is 12.8. The molecule has 1 N–H and O–H groups in total. The summed E-state index contributed by atoms with van der Waals surface area (Å²) in [5, 5.41) is 14.3. The summed E-state index contributed by atoms with van der Waals surface area (Å²) in [4.78, 5) is 25.4. The van der Waals surface area contributed by atoms with Crippen molar-refractivity contribution in [3.63, 3.8) is 0 Å². The van der Waals surface area contributed by atoms with Crippen LogP contribution in [0.15, 0.2) is 24.3 Å². The van der Waals surface area contributed by atoms with Gasteiger partial charge >= 0.3 is 5.97 Å². The number of aliphatic carboxylic acids is 1. The fourth-order valence-electron chi connectivity index (χ4n) is 2.87. The van der Waals surface area contributed by atoms with Gasteiger partial charge in [-0.05, 0) is 38.1 Å². The third kappa shape index (κ3) is 3.70. The molecule has 1 fully saturated rings. The van der Waals surface area contributed by atoms with Crippen LogP contribution >= 0.6 is 23.2 Å². The van der Waals surface area contributed by atoms with Crippen LogP contribution < -0.4 is 0 Å². The van der Waals surface area contributed by atoms with Crippen LogP contribution in [0.2, 0.25) is 10.0 Å². The molecule has 0 aliphatic carbocycles. The van der Waals surface area contributed by atoms with Gasteiger partial charge in [-0.25, -0.2) is 9.48 Å². The molecule has 2 atom stereocenters. The van der Waals surface area contributed by atoms with Gasteiger partial charge in [-0.1, -0.05) is 23.2 Å². The Labute approximate surface area is 160 Å². The molecule has 1 aliphatic rings. The number of nitrogens with zero attached hydrogens (tertiary/aromatic N) is 3. The van der Waals surface area contributed by atoms with Crippen molar-refractivity contribution in [2.75, 3.05) is 13.1 Å². The molecular weight excluding hydrogens is 381 g/mol. The Morgan fingerprint density at radius 2 is 1.96 bits per heavy atom. The largest absolute Gasteiger partial charge is 0.479 e. The highest BCUT2D eigenvalue weighted by Gasteiger charge is 2.34. The van der Waals surface area contributed by atoms with E-state index in [0.717, 1.165) is 5.69 Å². The molecule has 1 unspecified atom stereocenters. The minimum absolute atomic E-state index is 0.0167. The van der Waals surface area contributed by atoms with E-state index in [0.29, 0.717) is 22.3 Å². The number of hydrogen-bond donors (Lipinski definition) is 1. The molecular formula is C17H17Cl2N3O4. The average molecular weight is 398 g/mol. The van der Waals surface area contributed by atoms with Crippen molar-refractivity contribution < 1.29 is 19.4 Å². The topological polar surface area (TPSA) is 84.7 Å². The van der Waals surface area contributed by atoms with Crippen LogP contribution in [-0.4, -0.2) is 57.0 Å². The number of carboxylic acid groups (broad SMARTS) is 1. The van der Waals surface area contributed by atoms with Gasteiger partial charge in [-0.2, -0.15) is 5.10 Å². The van der Waals surface area contributed by atoms with Gasteiger partial charge in [0.1, 0.15) is 0 Å². The van der Waals surface area contributed by atoms with Crippen molar-refractivity contribution in [3.8, 4) is 5.69 Å². The number of amides is 1. The highest BCUT2D eigenvalue weighted by atomic mass is 35.5. The molecule has 2 aromatic rings. The van der Waals surface area contributed by atoms with Crippen LogP contribution in [0.25, 0.3) is 5.69 Å². The van der Waals surface area contributed by atoms with Gasteiger partial charge in [0.25, 0.3) is 5.91 Å². The Bertz CT molecular complexity index is 868. The van der Waals surface area contributed by atoms with Crippen molar-refractivity contribution in [3.05, 3.63) is 45.7 Å². The summed E-state index contributed by atoms with van der Waals surface area (Å²) in [6, 6.07) is 6.72. The zero-order valence-corrected chi connectivity index (χ0v) is 15.7. The van der Waals surface area contributed by atoms with Crippen LogP contribution in [-0.2, 0) is 9.53 Å². The van der Waals surface area contributed by atoms with Crippen LogP contribution in [0.5, 0.6) is 0 Å². The minimum atomic E-state index is -1.09. The quantitative estimate of drug-likeness (QED) is 0.860. The van der Waals surface area contributed by atoms with Gasteiger partial charge in [-0.15, -0.1) is 0 Å². The predicted molar refractivity (Wildman–Crippen MR) is 96.2 cm³/mol. The lowest BCUT2D eigenvalue weighted by molar-refractivity contribution is -0.160. The van der Waals surface area contributed by atoms with E-state index in [2.05, 4.69) is 5.10 Å². The number of carbonyl (C=O) groups excluding carboxylic acids is 1. The van der Waals surface area contributed by atoms with Gasteiger partial charge in [0, 0.05) is 12.2 Å². The number of rotatable bonds is 3. The zero-order valence-electron chi connectivity index (χ0n) is 14.1. The summed E-state index contributed by atoms with van der Waals surface area (Å²) in [6.45, 7) is 3.84. The first-order valence-electron chi connectivity index (χ1n) is 7.96. The maximum Gasteiger partial charge on any atom is 0.334 e.